The number of hydrogen-bond donors (Lipinski definition) is 3. The van der Waals surface area contributed by atoms with E-state index in [9.17, 15) is 9.18 Å². The average Bonchev–Trinajstić information content (AvgIpc) is 2.12. The standard InChI is InChI=1S/C9H16FN3O2/c1-5(13-6(2)11)7(10)3-4-8(12)9(14)15/h3,5,8H,4,12H2,1-2H3,(H2,11,13)(H,14,15)/t5?,8-/m0/s1. The zero-order valence-electron chi connectivity index (χ0n) is 8.77. The van der Waals surface area contributed by atoms with Gasteiger partial charge in [0.15, 0.2) is 0 Å². The molecule has 0 aliphatic rings. The Hall–Kier alpha value is -1.43. The van der Waals surface area contributed by atoms with E-state index in [4.69, 9.17) is 16.6 Å². The van der Waals surface area contributed by atoms with Crippen LogP contribution in [0.15, 0.2) is 16.9 Å². The molecule has 2 atom stereocenters. The monoisotopic (exact) mass is 217 g/mol. The Morgan fingerprint density at radius 3 is 2.60 bits per heavy atom. The average molecular weight is 217 g/mol. The molecule has 0 rings (SSSR count). The zero-order chi connectivity index (χ0) is 12.0. The molecule has 0 aliphatic heterocycles. The molecule has 0 heterocycles. The van der Waals surface area contributed by atoms with Crippen LogP contribution in [0, 0.1) is 0 Å². The summed E-state index contributed by atoms with van der Waals surface area (Å²) in [6, 6.07) is -1.79. The number of rotatable bonds is 5. The number of amidine groups is 1. The lowest BCUT2D eigenvalue weighted by Crippen LogP contribution is -2.29. The molecule has 0 radical (unpaired) electrons. The normalized spacial score (nSPS) is 17.3. The van der Waals surface area contributed by atoms with Crippen LogP contribution in [0.1, 0.15) is 20.3 Å². The Balaban J connectivity index is 4.32. The van der Waals surface area contributed by atoms with E-state index in [-0.39, 0.29) is 12.3 Å². The van der Waals surface area contributed by atoms with Crippen molar-refractivity contribution in [2.45, 2.75) is 32.4 Å². The van der Waals surface area contributed by atoms with Crippen molar-refractivity contribution in [2.24, 2.45) is 16.5 Å². The quantitative estimate of drug-likeness (QED) is 0.458. The van der Waals surface area contributed by atoms with Gasteiger partial charge < -0.3 is 16.6 Å². The van der Waals surface area contributed by atoms with Crippen LogP contribution in [0.4, 0.5) is 4.39 Å². The summed E-state index contributed by atoms with van der Waals surface area (Å²) in [4.78, 5) is 14.1. The molecular formula is C9H16FN3O2. The van der Waals surface area contributed by atoms with Crippen molar-refractivity contribution < 1.29 is 14.3 Å². The van der Waals surface area contributed by atoms with Gasteiger partial charge in [-0.25, -0.2) is 4.39 Å². The molecule has 1 unspecified atom stereocenters. The van der Waals surface area contributed by atoms with Crippen LogP contribution in [-0.2, 0) is 4.79 Å². The fourth-order valence-corrected chi connectivity index (χ4v) is 0.878. The van der Waals surface area contributed by atoms with Gasteiger partial charge in [-0.15, -0.1) is 0 Å². The Kier molecular flexibility index (Phi) is 5.54. The summed E-state index contributed by atoms with van der Waals surface area (Å²) in [5.41, 5.74) is 10.5. The Morgan fingerprint density at radius 2 is 2.20 bits per heavy atom. The van der Waals surface area contributed by atoms with Crippen LogP contribution >= 0.6 is 0 Å². The first-order chi connectivity index (χ1) is 6.84. The third kappa shape index (κ3) is 5.79. The maximum Gasteiger partial charge on any atom is 0.320 e. The van der Waals surface area contributed by atoms with Gasteiger partial charge in [0.25, 0.3) is 0 Å². The Bertz CT molecular complexity index is 285. The molecule has 86 valence electrons. The second-order valence-corrected chi connectivity index (χ2v) is 3.22. The SMILES string of the molecule is CC(N)=NC(C)C(F)=CC[C@H](N)C(=O)O. The predicted octanol–water partition coefficient (Wildman–Crippen LogP) is 0.407. The Labute approximate surface area is 87.7 Å². The minimum absolute atomic E-state index is 0.0648. The van der Waals surface area contributed by atoms with Crippen LogP contribution in [0.5, 0.6) is 0 Å². The molecule has 0 aromatic heterocycles. The van der Waals surface area contributed by atoms with E-state index < -0.39 is 23.9 Å². The van der Waals surface area contributed by atoms with Crippen LogP contribution in [-0.4, -0.2) is 29.0 Å². The summed E-state index contributed by atoms with van der Waals surface area (Å²) < 4.78 is 13.2. The number of carbonyl (C=O) groups is 1. The number of aliphatic imine (C=N–C) groups is 1. The molecule has 0 bridgehead atoms. The molecule has 0 saturated carbocycles. The second kappa shape index (κ2) is 6.13. The topological polar surface area (TPSA) is 102 Å². The first kappa shape index (κ1) is 13.6. The van der Waals surface area contributed by atoms with Crippen LogP contribution in [0.2, 0.25) is 0 Å². The van der Waals surface area contributed by atoms with E-state index in [2.05, 4.69) is 4.99 Å². The van der Waals surface area contributed by atoms with Gasteiger partial charge in [-0.05, 0) is 26.3 Å². The van der Waals surface area contributed by atoms with E-state index in [1.165, 1.54) is 6.92 Å². The van der Waals surface area contributed by atoms with Gasteiger partial charge >= 0.3 is 5.97 Å². The zero-order valence-corrected chi connectivity index (χ0v) is 8.77. The molecular weight excluding hydrogens is 201 g/mol. The first-order valence-corrected chi connectivity index (χ1v) is 4.48. The largest absolute Gasteiger partial charge is 0.480 e. The van der Waals surface area contributed by atoms with Crippen molar-refractivity contribution in [1.29, 1.82) is 0 Å². The molecule has 0 aromatic rings. The maximum atomic E-state index is 13.2. The fraction of sp³-hybridized carbons (Fsp3) is 0.556. The molecule has 0 aromatic carbocycles. The van der Waals surface area contributed by atoms with E-state index in [0.717, 1.165) is 6.08 Å². The number of nitrogens with two attached hydrogens (primary N) is 2. The van der Waals surface area contributed by atoms with Gasteiger partial charge in [-0.3, -0.25) is 9.79 Å². The van der Waals surface area contributed by atoms with Gasteiger partial charge in [0.1, 0.15) is 17.9 Å². The highest BCUT2D eigenvalue weighted by atomic mass is 19.1. The van der Waals surface area contributed by atoms with Crippen molar-refractivity contribution in [1.82, 2.24) is 0 Å². The molecule has 5 N–H and O–H groups in total. The molecule has 0 aliphatic carbocycles. The van der Waals surface area contributed by atoms with E-state index in [1.54, 1.807) is 6.92 Å². The van der Waals surface area contributed by atoms with E-state index in [0.29, 0.717) is 0 Å². The molecule has 6 heteroatoms. The van der Waals surface area contributed by atoms with Gasteiger partial charge in [-0.2, -0.15) is 0 Å². The minimum Gasteiger partial charge on any atom is -0.480 e. The summed E-state index contributed by atoms with van der Waals surface area (Å²) >= 11 is 0. The molecule has 5 nitrogen and oxygen atoms in total. The number of aliphatic carboxylic acids is 1. The van der Waals surface area contributed by atoms with Gasteiger partial charge in [0, 0.05) is 0 Å². The van der Waals surface area contributed by atoms with Crippen molar-refractivity contribution in [3.63, 3.8) is 0 Å². The van der Waals surface area contributed by atoms with Gasteiger partial charge in [0.2, 0.25) is 0 Å². The number of carboxylic acids is 1. The van der Waals surface area contributed by atoms with E-state index in [1.807, 2.05) is 0 Å². The summed E-state index contributed by atoms with van der Waals surface area (Å²) in [5.74, 6) is -1.42. The summed E-state index contributed by atoms with van der Waals surface area (Å²) in [5, 5.41) is 8.45. The predicted molar refractivity (Wildman–Crippen MR) is 56.2 cm³/mol. The number of halogens is 1. The molecule has 0 amide bonds. The first-order valence-electron chi connectivity index (χ1n) is 4.48. The number of nitrogens with zero attached hydrogens (tertiary/aromatic N) is 1. The molecule has 15 heavy (non-hydrogen) atoms. The number of carboxylic acid groups (broad SMARTS) is 1. The van der Waals surface area contributed by atoms with Crippen LogP contribution < -0.4 is 11.5 Å². The number of hydrogen-bond acceptors (Lipinski definition) is 3. The van der Waals surface area contributed by atoms with Crippen molar-refractivity contribution in [3.8, 4) is 0 Å². The lowest BCUT2D eigenvalue weighted by molar-refractivity contribution is -0.138. The fourth-order valence-electron chi connectivity index (χ4n) is 0.878. The summed E-state index contributed by atoms with van der Waals surface area (Å²) in [6.07, 6.45) is 1.06. The van der Waals surface area contributed by atoms with Crippen molar-refractivity contribution in [3.05, 3.63) is 11.9 Å². The summed E-state index contributed by atoms with van der Waals surface area (Å²) in [7, 11) is 0. The van der Waals surface area contributed by atoms with Crippen molar-refractivity contribution >= 4 is 11.8 Å². The van der Waals surface area contributed by atoms with Gasteiger partial charge in [-0.1, -0.05) is 0 Å². The summed E-state index contributed by atoms with van der Waals surface area (Å²) in [6.45, 7) is 3.07. The van der Waals surface area contributed by atoms with Gasteiger partial charge in [0.05, 0.1) is 5.84 Å². The highest BCUT2D eigenvalue weighted by Gasteiger charge is 2.12. The maximum absolute atomic E-state index is 13.2. The highest BCUT2D eigenvalue weighted by molar-refractivity contribution is 5.77. The highest BCUT2D eigenvalue weighted by Crippen LogP contribution is 2.09. The molecule has 0 spiro atoms. The van der Waals surface area contributed by atoms with Crippen LogP contribution in [0.3, 0.4) is 0 Å². The lowest BCUT2D eigenvalue weighted by Gasteiger charge is -2.05. The lowest BCUT2D eigenvalue weighted by atomic mass is 10.2. The van der Waals surface area contributed by atoms with Crippen molar-refractivity contribution in [2.75, 3.05) is 0 Å². The Morgan fingerprint density at radius 1 is 1.67 bits per heavy atom. The third-order valence-corrected chi connectivity index (χ3v) is 1.68. The van der Waals surface area contributed by atoms with Crippen LogP contribution in [0.25, 0.3) is 0 Å². The smallest absolute Gasteiger partial charge is 0.320 e. The third-order valence-electron chi connectivity index (χ3n) is 1.68. The molecule has 0 saturated heterocycles. The molecule has 0 fully saturated rings. The van der Waals surface area contributed by atoms with E-state index >= 15 is 0 Å². The second-order valence-electron chi connectivity index (χ2n) is 3.22. The minimum atomic E-state index is -1.16.